The molecule has 0 bridgehead atoms. The molecule has 1 aromatic rings. The van der Waals surface area contributed by atoms with Crippen LogP contribution in [0.25, 0.3) is 0 Å². The van der Waals surface area contributed by atoms with E-state index in [1.54, 1.807) is 13.0 Å². The van der Waals surface area contributed by atoms with Gasteiger partial charge in [-0.2, -0.15) is 0 Å². The van der Waals surface area contributed by atoms with Crippen molar-refractivity contribution in [3.05, 3.63) is 38.1 Å². The highest BCUT2D eigenvalue weighted by molar-refractivity contribution is 6.41. The number of nitrogens with two attached hydrogens (primary N) is 1. The zero-order valence-electron chi connectivity index (χ0n) is 9.51. The summed E-state index contributed by atoms with van der Waals surface area (Å²) in [5, 5.41) is 13.0. The summed E-state index contributed by atoms with van der Waals surface area (Å²) in [4.78, 5) is 15.6. The Bertz CT molecular complexity index is 480. The molecule has 1 heterocycles. The van der Waals surface area contributed by atoms with Gasteiger partial charge in [0.2, 0.25) is 0 Å². The van der Waals surface area contributed by atoms with E-state index in [1.165, 1.54) is 11.1 Å². The molecule has 2 N–H and O–H groups in total. The van der Waals surface area contributed by atoms with Crippen molar-refractivity contribution in [1.29, 1.82) is 0 Å². The molecule has 0 radical (unpaired) electrons. The standard InChI is InChI=1S/C9H11Cl2N5O2/c1-2-15(9(12)14-16(17)18)5-6-3-7(10)8(11)13-4-6/h3-4H,2,5H2,1H3,(H2,12,14). The average molecular weight is 292 g/mol. The summed E-state index contributed by atoms with van der Waals surface area (Å²) >= 11 is 11.5. The van der Waals surface area contributed by atoms with Gasteiger partial charge in [0.15, 0.2) is 5.03 Å². The Labute approximate surface area is 113 Å². The normalized spacial score (nSPS) is 11.4. The zero-order chi connectivity index (χ0) is 13.7. The van der Waals surface area contributed by atoms with Crippen LogP contribution in [0.3, 0.4) is 0 Å². The highest BCUT2D eigenvalue weighted by Crippen LogP contribution is 2.20. The van der Waals surface area contributed by atoms with E-state index in [0.29, 0.717) is 18.1 Å². The third kappa shape index (κ3) is 4.01. The van der Waals surface area contributed by atoms with Crippen LogP contribution in [0.1, 0.15) is 12.5 Å². The number of rotatable bonds is 4. The molecular weight excluding hydrogens is 281 g/mol. The summed E-state index contributed by atoms with van der Waals surface area (Å²) in [6.45, 7) is 2.57. The van der Waals surface area contributed by atoms with E-state index >= 15 is 0 Å². The molecule has 0 aromatic carbocycles. The molecule has 1 rings (SSSR count). The average Bonchev–Trinajstić information content (AvgIpc) is 2.29. The molecule has 18 heavy (non-hydrogen) atoms. The summed E-state index contributed by atoms with van der Waals surface area (Å²) in [5.41, 5.74) is 6.23. The van der Waals surface area contributed by atoms with Crippen LogP contribution in [-0.2, 0) is 6.54 Å². The van der Waals surface area contributed by atoms with Crippen LogP contribution < -0.4 is 5.73 Å². The summed E-state index contributed by atoms with van der Waals surface area (Å²) in [6, 6.07) is 1.62. The number of hydrogen-bond donors (Lipinski definition) is 1. The van der Waals surface area contributed by atoms with Gasteiger partial charge < -0.3 is 10.6 Å². The molecule has 0 saturated carbocycles. The molecule has 0 aliphatic heterocycles. The molecule has 0 aliphatic carbocycles. The molecule has 0 fully saturated rings. The number of nitrogens with zero attached hydrogens (tertiary/aromatic N) is 4. The minimum atomic E-state index is -0.842. The van der Waals surface area contributed by atoms with E-state index in [1.807, 2.05) is 0 Å². The minimum absolute atomic E-state index is 0.173. The van der Waals surface area contributed by atoms with Crippen molar-refractivity contribution < 1.29 is 5.03 Å². The lowest BCUT2D eigenvalue weighted by atomic mass is 10.2. The number of hydrogen-bond acceptors (Lipinski definition) is 3. The van der Waals surface area contributed by atoms with Gasteiger partial charge in [-0.15, -0.1) is 0 Å². The molecule has 0 spiro atoms. The zero-order valence-corrected chi connectivity index (χ0v) is 11.0. The topological polar surface area (TPSA) is 97.7 Å². The van der Waals surface area contributed by atoms with Gasteiger partial charge in [0, 0.05) is 19.3 Å². The van der Waals surface area contributed by atoms with Gasteiger partial charge in [-0.05, 0) is 18.6 Å². The second-order valence-electron chi connectivity index (χ2n) is 3.33. The number of halogens is 2. The largest absolute Gasteiger partial charge is 0.365 e. The van der Waals surface area contributed by atoms with E-state index in [4.69, 9.17) is 28.9 Å². The summed E-state index contributed by atoms with van der Waals surface area (Å²) in [7, 11) is 0. The van der Waals surface area contributed by atoms with E-state index in [2.05, 4.69) is 10.1 Å². The van der Waals surface area contributed by atoms with Crippen molar-refractivity contribution in [1.82, 2.24) is 9.88 Å². The maximum Gasteiger partial charge on any atom is 0.269 e. The molecular formula is C9H11Cl2N5O2. The van der Waals surface area contributed by atoms with E-state index in [9.17, 15) is 10.1 Å². The SMILES string of the molecule is CCN(Cc1cnc(Cl)c(Cl)c1)C(N)=N[N+](=O)[O-]. The quantitative estimate of drug-likeness (QED) is 0.299. The Balaban J connectivity index is 2.86. The van der Waals surface area contributed by atoms with Crippen LogP contribution in [0.15, 0.2) is 17.4 Å². The Morgan fingerprint density at radius 1 is 1.67 bits per heavy atom. The summed E-state index contributed by atoms with van der Waals surface area (Å²) in [6.07, 6.45) is 1.52. The Morgan fingerprint density at radius 2 is 2.33 bits per heavy atom. The van der Waals surface area contributed by atoms with Gasteiger partial charge in [0.05, 0.1) is 5.02 Å². The van der Waals surface area contributed by atoms with Crippen LogP contribution in [0.4, 0.5) is 0 Å². The maximum atomic E-state index is 10.2. The molecule has 1 aromatic heterocycles. The first-order valence-electron chi connectivity index (χ1n) is 4.97. The number of hydrazone groups is 1. The predicted octanol–water partition coefficient (Wildman–Crippen LogP) is 1.72. The van der Waals surface area contributed by atoms with Crippen LogP contribution in [-0.4, -0.2) is 27.4 Å². The van der Waals surface area contributed by atoms with Crippen LogP contribution >= 0.6 is 23.2 Å². The molecule has 7 nitrogen and oxygen atoms in total. The first kappa shape index (κ1) is 14.5. The highest BCUT2D eigenvalue weighted by atomic mass is 35.5. The minimum Gasteiger partial charge on any atom is -0.365 e. The maximum absolute atomic E-state index is 10.2. The van der Waals surface area contributed by atoms with Crippen molar-refractivity contribution in [2.45, 2.75) is 13.5 Å². The van der Waals surface area contributed by atoms with Crippen molar-refractivity contribution >= 4 is 29.2 Å². The predicted molar refractivity (Wildman–Crippen MR) is 69.0 cm³/mol. The van der Waals surface area contributed by atoms with Gasteiger partial charge in [-0.3, -0.25) is 0 Å². The van der Waals surface area contributed by atoms with Crippen LogP contribution in [0.2, 0.25) is 10.2 Å². The van der Waals surface area contributed by atoms with E-state index in [-0.39, 0.29) is 11.1 Å². The van der Waals surface area contributed by atoms with Crippen molar-refractivity contribution in [2.24, 2.45) is 10.8 Å². The first-order valence-corrected chi connectivity index (χ1v) is 5.73. The molecule has 0 atom stereocenters. The summed E-state index contributed by atoms with van der Waals surface area (Å²) < 4.78 is 0. The number of guanidine groups is 1. The second-order valence-corrected chi connectivity index (χ2v) is 4.09. The number of aromatic nitrogens is 1. The Kier molecular flexibility index (Phi) is 5.11. The second kappa shape index (κ2) is 6.36. The smallest absolute Gasteiger partial charge is 0.269 e. The van der Waals surface area contributed by atoms with Crippen LogP contribution in [0.5, 0.6) is 0 Å². The van der Waals surface area contributed by atoms with Gasteiger partial charge in [0.25, 0.3) is 5.96 Å². The first-order chi connectivity index (χ1) is 8.43. The van der Waals surface area contributed by atoms with Crippen molar-refractivity contribution in [2.75, 3.05) is 6.54 Å². The van der Waals surface area contributed by atoms with Gasteiger partial charge in [0.1, 0.15) is 10.3 Å². The lowest BCUT2D eigenvalue weighted by Crippen LogP contribution is -2.37. The highest BCUT2D eigenvalue weighted by Gasteiger charge is 2.11. The molecule has 0 amide bonds. The number of nitro groups is 1. The lowest BCUT2D eigenvalue weighted by Gasteiger charge is -2.19. The van der Waals surface area contributed by atoms with Crippen molar-refractivity contribution in [3.8, 4) is 0 Å². The van der Waals surface area contributed by atoms with Gasteiger partial charge in [-0.1, -0.05) is 23.2 Å². The fourth-order valence-corrected chi connectivity index (χ4v) is 1.56. The Hall–Kier alpha value is -1.60. The Morgan fingerprint density at radius 3 is 2.83 bits per heavy atom. The van der Waals surface area contributed by atoms with E-state index in [0.717, 1.165) is 5.56 Å². The number of pyridine rings is 1. The monoisotopic (exact) mass is 291 g/mol. The molecule has 98 valence electrons. The molecule has 0 unspecified atom stereocenters. The molecule has 0 saturated heterocycles. The van der Waals surface area contributed by atoms with Gasteiger partial charge >= 0.3 is 0 Å². The van der Waals surface area contributed by atoms with Gasteiger partial charge in [-0.25, -0.2) is 15.1 Å². The third-order valence-electron chi connectivity index (χ3n) is 2.12. The fraction of sp³-hybridized carbons (Fsp3) is 0.333. The van der Waals surface area contributed by atoms with Crippen molar-refractivity contribution in [3.63, 3.8) is 0 Å². The molecule has 0 aliphatic rings. The third-order valence-corrected chi connectivity index (χ3v) is 2.80. The lowest BCUT2D eigenvalue weighted by molar-refractivity contribution is -0.485. The summed E-state index contributed by atoms with van der Waals surface area (Å²) in [5.74, 6) is -0.173. The van der Waals surface area contributed by atoms with Crippen LogP contribution in [0, 0.1) is 10.1 Å². The fourth-order valence-electron chi connectivity index (χ4n) is 1.27. The molecule has 9 heteroatoms. The van der Waals surface area contributed by atoms with E-state index < -0.39 is 5.03 Å².